The summed E-state index contributed by atoms with van der Waals surface area (Å²) in [4.78, 5) is 10.0. The quantitative estimate of drug-likeness (QED) is 0.0352. The minimum atomic E-state index is -3.52. The van der Waals surface area contributed by atoms with Gasteiger partial charge in [0.25, 0.3) is 0 Å². The number of hydrogen-bond donors (Lipinski definition) is 0. The molecule has 17 heteroatoms. The molecule has 0 saturated carbocycles. The Morgan fingerprint density at radius 2 is 0.902 bits per heavy atom. The first kappa shape index (κ1) is 40.5. The maximum Gasteiger partial charge on any atom is 0.364 e. The molecule has 0 heterocycles. The highest BCUT2D eigenvalue weighted by Crippen LogP contribution is 2.61. The summed E-state index contributed by atoms with van der Waals surface area (Å²) in [6.45, 7) is -5.64. The lowest BCUT2D eigenvalue weighted by Gasteiger charge is -2.52. The van der Waals surface area contributed by atoms with Crippen LogP contribution in [0.1, 0.15) is 38.5 Å². The lowest BCUT2D eigenvalue weighted by molar-refractivity contribution is -0.460. The molecule has 0 N–H and O–H groups in total. The summed E-state index contributed by atoms with van der Waals surface area (Å²) in [6.07, 6.45) is -4.19. The summed E-state index contributed by atoms with van der Waals surface area (Å²) in [7, 11) is 3.02. The van der Waals surface area contributed by atoms with Crippen molar-refractivity contribution < 1.29 is 54.9 Å². The van der Waals surface area contributed by atoms with Gasteiger partial charge < -0.3 is 23.7 Å². The van der Waals surface area contributed by atoms with Gasteiger partial charge in [0, 0.05) is 6.42 Å². The number of halogens is 6. The molecule has 0 aromatic rings. The molecule has 41 heavy (non-hydrogen) atoms. The molecule has 248 valence electrons. The van der Waals surface area contributed by atoms with Gasteiger partial charge >= 0.3 is 6.10 Å². The largest absolute Gasteiger partial charge is 0.364 e. The maximum absolute atomic E-state index is 13.2. The average Bonchev–Trinajstić information content (AvgIpc) is 2.94. The normalized spacial score (nSPS) is 12.9. The number of hydrogen-bond acceptors (Lipinski definition) is 7. The van der Waals surface area contributed by atoms with Gasteiger partial charge in [0.15, 0.2) is 0 Å². The topological polar surface area (TPSA) is 77.5 Å². The molecular formula is C24H49F6N4O6P. The van der Waals surface area contributed by atoms with Gasteiger partial charge in [-0.05, 0) is 60.3 Å². The summed E-state index contributed by atoms with van der Waals surface area (Å²) in [5.41, 5.74) is 0. The number of rotatable bonds is 29. The van der Waals surface area contributed by atoms with Crippen molar-refractivity contribution in [3.63, 3.8) is 0 Å². The zero-order valence-electron chi connectivity index (χ0n) is 24.8. The van der Waals surface area contributed by atoms with Crippen LogP contribution in [-0.2, 0) is 28.5 Å². The zero-order valence-corrected chi connectivity index (χ0v) is 25.7. The van der Waals surface area contributed by atoms with Gasteiger partial charge in [-0.1, -0.05) is 0 Å². The average molecular weight is 635 g/mol. The molecule has 0 fully saturated rings. The van der Waals surface area contributed by atoms with Crippen molar-refractivity contribution in [2.24, 2.45) is 4.91 Å². The Kier molecular flexibility index (Phi) is 24.5. The van der Waals surface area contributed by atoms with Crippen molar-refractivity contribution in [3.05, 3.63) is 0 Å². The SMILES string of the molecule is CN(C)P(=NOCCCF)(N(C)C)N(C(OCCCF)OCCCF)C(OCCCF)(OCCCF)OCCCF. The highest BCUT2D eigenvalue weighted by Gasteiger charge is 2.56. The van der Waals surface area contributed by atoms with Gasteiger partial charge in [-0.3, -0.25) is 26.3 Å². The lowest BCUT2D eigenvalue weighted by Crippen LogP contribution is -2.61. The second-order valence-electron chi connectivity index (χ2n) is 8.86. The first-order chi connectivity index (χ1) is 19.8. The fourth-order valence-corrected chi connectivity index (χ4v) is 6.33. The molecule has 10 nitrogen and oxygen atoms in total. The molecule has 0 aliphatic heterocycles. The second-order valence-corrected chi connectivity index (χ2v) is 12.1. The fraction of sp³-hybridized carbons (Fsp3) is 1.00. The summed E-state index contributed by atoms with van der Waals surface area (Å²) in [5, 5.41) is 0. The van der Waals surface area contributed by atoms with Crippen LogP contribution in [0.4, 0.5) is 26.3 Å². The van der Waals surface area contributed by atoms with E-state index in [2.05, 4.69) is 4.91 Å². The highest BCUT2D eigenvalue weighted by molar-refractivity contribution is 7.59. The van der Waals surface area contributed by atoms with Crippen molar-refractivity contribution in [3.8, 4) is 0 Å². The van der Waals surface area contributed by atoms with E-state index in [1.165, 1.54) is 4.67 Å². The molecule has 0 radical (unpaired) electrons. The standard InChI is InChI=1S/C24H49F6N4O6P/c1-32(2)41(33(3)4,31-40-22-10-16-30)34(23(35-17-5-11-25)36-18-6-12-26)24(37-19-7-13-27,38-20-8-14-28)39-21-9-15-29/h23H,5-22H2,1-4H3. The fourth-order valence-electron chi connectivity index (χ4n) is 3.34. The Balaban J connectivity index is 7.45. The van der Waals surface area contributed by atoms with Crippen molar-refractivity contribution >= 4 is 7.51 Å². The summed E-state index contributed by atoms with van der Waals surface area (Å²) in [5.74, 6) is 0. The van der Waals surface area contributed by atoms with Gasteiger partial charge in [0.2, 0.25) is 13.9 Å². The summed E-state index contributed by atoms with van der Waals surface area (Å²) >= 11 is 0. The van der Waals surface area contributed by atoms with Crippen LogP contribution in [0.2, 0.25) is 0 Å². The number of nitrogens with zero attached hydrogens (tertiary/aromatic N) is 4. The van der Waals surface area contributed by atoms with Crippen molar-refractivity contribution in [1.82, 2.24) is 14.0 Å². The molecule has 0 rings (SSSR count). The third kappa shape index (κ3) is 14.2. The smallest absolute Gasteiger partial charge is 0.339 e. The minimum absolute atomic E-state index is 0.0303. The van der Waals surface area contributed by atoms with Crippen LogP contribution in [0, 0.1) is 0 Å². The van der Waals surface area contributed by atoms with Crippen LogP contribution in [0.3, 0.4) is 0 Å². The Hall–Kier alpha value is -0.550. The molecule has 0 aliphatic carbocycles. The Morgan fingerprint density at radius 1 is 0.561 bits per heavy atom. The van der Waals surface area contributed by atoms with Gasteiger partial charge in [0.1, 0.15) is 0 Å². The van der Waals surface area contributed by atoms with E-state index in [-0.39, 0.29) is 78.2 Å². The van der Waals surface area contributed by atoms with E-state index in [9.17, 15) is 26.3 Å². The first-order valence-electron chi connectivity index (χ1n) is 13.7. The molecule has 0 unspecified atom stereocenters. The Labute approximate surface area is 240 Å². The molecular weight excluding hydrogens is 585 g/mol. The van der Waals surface area contributed by atoms with E-state index in [0.717, 1.165) is 0 Å². The molecule has 0 amide bonds. The third-order valence-corrected chi connectivity index (χ3v) is 8.64. The molecule has 0 aliphatic rings. The summed E-state index contributed by atoms with van der Waals surface area (Å²) < 4.78 is 113. The van der Waals surface area contributed by atoms with Crippen LogP contribution in [-0.4, -0.2) is 134 Å². The second kappa shape index (κ2) is 24.8. The molecule has 0 saturated heterocycles. The minimum Gasteiger partial charge on any atom is -0.339 e. The highest BCUT2D eigenvalue weighted by atomic mass is 31.2. The number of alkyl halides is 6. The van der Waals surface area contributed by atoms with E-state index in [1.807, 2.05) is 0 Å². The van der Waals surface area contributed by atoms with E-state index in [1.54, 1.807) is 37.5 Å². The maximum atomic E-state index is 13.2. The van der Waals surface area contributed by atoms with Crippen LogP contribution in [0.25, 0.3) is 0 Å². The van der Waals surface area contributed by atoms with Crippen LogP contribution < -0.4 is 0 Å². The lowest BCUT2D eigenvalue weighted by atomic mass is 10.5. The molecule has 0 aromatic heterocycles. The molecule has 0 atom stereocenters. The van der Waals surface area contributed by atoms with Crippen LogP contribution in [0.15, 0.2) is 4.91 Å². The molecule has 0 aromatic carbocycles. The van der Waals surface area contributed by atoms with Crippen molar-refractivity contribution in [1.29, 1.82) is 0 Å². The van der Waals surface area contributed by atoms with Gasteiger partial charge in [-0.25, -0.2) is 14.2 Å². The van der Waals surface area contributed by atoms with Gasteiger partial charge in [0.05, 0.1) is 79.7 Å². The molecule has 0 bridgehead atoms. The van der Waals surface area contributed by atoms with E-state index < -0.39 is 60.1 Å². The van der Waals surface area contributed by atoms with E-state index in [4.69, 9.17) is 28.5 Å². The van der Waals surface area contributed by atoms with E-state index >= 15 is 0 Å². The Bertz CT molecular complexity index is 630. The van der Waals surface area contributed by atoms with Gasteiger partial charge in [-0.15, -0.1) is 9.58 Å². The third-order valence-electron chi connectivity index (χ3n) is 5.14. The van der Waals surface area contributed by atoms with Gasteiger partial charge in [-0.2, -0.15) is 0 Å². The van der Waals surface area contributed by atoms with Crippen molar-refractivity contribution in [2.45, 2.75) is 51.0 Å². The summed E-state index contributed by atoms with van der Waals surface area (Å²) in [6, 6.07) is 0. The Morgan fingerprint density at radius 3 is 1.24 bits per heavy atom. The van der Waals surface area contributed by atoms with Crippen LogP contribution >= 0.6 is 7.51 Å². The predicted molar refractivity (Wildman–Crippen MR) is 144 cm³/mol. The number of ether oxygens (including phenoxy) is 5. The van der Waals surface area contributed by atoms with Crippen LogP contribution in [0.5, 0.6) is 0 Å². The zero-order chi connectivity index (χ0) is 31.0. The molecule has 0 spiro atoms. The van der Waals surface area contributed by atoms with E-state index in [0.29, 0.717) is 0 Å². The van der Waals surface area contributed by atoms with Crippen molar-refractivity contribution in [2.75, 3.05) is 108 Å². The first-order valence-corrected chi connectivity index (χ1v) is 15.3. The predicted octanol–water partition coefficient (Wildman–Crippen LogP) is 5.42. The monoisotopic (exact) mass is 634 g/mol.